The van der Waals surface area contributed by atoms with Gasteiger partial charge in [0.2, 0.25) is 0 Å². The minimum absolute atomic E-state index is 0.334. The first-order valence-corrected chi connectivity index (χ1v) is 14.1. The Morgan fingerprint density at radius 3 is 1.93 bits per heavy atom. The SMILES string of the molecule is C[C@](c1ccc(F)cc1F)(n1nn[nH]c1=O)C(F)(F)c1ccc(-c2ccc(N3CCN(c4ccc(C=O)cc4)CC3)cc2)cn1. The zero-order valence-corrected chi connectivity index (χ0v) is 24.0. The van der Waals surface area contributed by atoms with Crippen LogP contribution < -0.4 is 15.5 Å². The number of nitrogens with one attached hydrogen (secondary N) is 1. The largest absolute Gasteiger partial charge is 0.368 e. The predicted molar refractivity (Wildman–Crippen MR) is 160 cm³/mol. The minimum Gasteiger partial charge on any atom is -0.368 e. The number of aromatic nitrogens is 5. The van der Waals surface area contributed by atoms with Crippen molar-refractivity contribution in [1.29, 1.82) is 0 Å². The van der Waals surface area contributed by atoms with Crippen LogP contribution in [0.25, 0.3) is 11.1 Å². The summed E-state index contributed by atoms with van der Waals surface area (Å²) in [5, 5.41) is 8.71. The average molecular weight is 618 g/mol. The second kappa shape index (κ2) is 11.6. The number of rotatable bonds is 8. The zero-order valence-electron chi connectivity index (χ0n) is 24.0. The van der Waals surface area contributed by atoms with E-state index in [1.807, 2.05) is 41.5 Å². The number of alkyl halides is 2. The molecule has 5 aromatic rings. The van der Waals surface area contributed by atoms with Crippen LogP contribution in [0.3, 0.4) is 0 Å². The van der Waals surface area contributed by atoms with Crippen molar-refractivity contribution in [2.24, 2.45) is 0 Å². The Kier molecular flexibility index (Phi) is 7.69. The van der Waals surface area contributed by atoms with Crippen molar-refractivity contribution in [3.63, 3.8) is 0 Å². The number of hydrogen-bond donors (Lipinski definition) is 1. The maximum absolute atomic E-state index is 16.3. The van der Waals surface area contributed by atoms with Gasteiger partial charge < -0.3 is 9.80 Å². The third-order valence-electron chi connectivity index (χ3n) is 8.29. The lowest BCUT2D eigenvalue weighted by Gasteiger charge is -2.37. The first-order valence-electron chi connectivity index (χ1n) is 14.1. The average Bonchev–Trinajstić information content (AvgIpc) is 3.51. The lowest BCUT2D eigenvalue weighted by atomic mass is 9.83. The van der Waals surface area contributed by atoms with Crippen molar-refractivity contribution in [3.05, 3.63) is 124 Å². The summed E-state index contributed by atoms with van der Waals surface area (Å²) < 4.78 is 61.5. The summed E-state index contributed by atoms with van der Waals surface area (Å²) in [5.41, 5.74) is -1.23. The van der Waals surface area contributed by atoms with Crippen molar-refractivity contribution >= 4 is 17.7 Å². The molecule has 230 valence electrons. The van der Waals surface area contributed by atoms with Gasteiger partial charge in [-0.2, -0.15) is 13.5 Å². The molecule has 0 unspecified atom stereocenters. The number of H-pyrrole nitrogens is 1. The molecule has 1 N–H and O–H groups in total. The van der Waals surface area contributed by atoms with E-state index >= 15 is 8.78 Å². The smallest absolute Gasteiger partial charge is 0.362 e. The standard InChI is InChI=1S/C32H27F4N7O2/c1-31(43-30(45)38-39-40-43,27-12-7-24(33)18-28(27)34)32(35,36)29-13-6-23(19-37-29)22-4-10-26(11-5-22)42-16-14-41(15-17-42)25-8-2-21(20-44)3-9-25/h2-13,18-20H,14-17H2,1H3,(H,38,40,45)/t31-/m1/s1. The van der Waals surface area contributed by atoms with Gasteiger partial charge in [0.05, 0.1) is 0 Å². The summed E-state index contributed by atoms with van der Waals surface area (Å²) >= 11 is 0. The number of carbonyl (C=O) groups excluding carboxylic acids is 1. The van der Waals surface area contributed by atoms with Crippen LogP contribution in [0.2, 0.25) is 0 Å². The molecular weight excluding hydrogens is 590 g/mol. The van der Waals surface area contributed by atoms with Crippen LogP contribution in [0.1, 0.15) is 28.5 Å². The van der Waals surface area contributed by atoms with E-state index in [9.17, 15) is 18.4 Å². The highest BCUT2D eigenvalue weighted by molar-refractivity contribution is 5.75. The van der Waals surface area contributed by atoms with Gasteiger partial charge in [-0.25, -0.2) is 18.7 Å². The van der Waals surface area contributed by atoms with E-state index in [-0.39, 0.29) is 0 Å². The highest BCUT2D eigenvalue weighted by Crippen LogP contribution is 2.47. The van der Waals surface area contributed by atoms with E-state index in [1.54, 1.807) is 12.1 Å². The number of anilines is 2. The molecule has 0 aliphatic carbocycles. The maximum atomic E-state index is 16.3. The lowest BCUT2D eigenvalue weighted by Crippen LogP contribution is -2.52. The number of tetrazole rings is 1. The molecule has 0 spiro atoms. The molecule has 6 rings (SSSR count). The fraction of sp³-hybridized carbons (Fsp3) is 0.219. The van der Waals surface area contributed by atoms with Gasteiger partial charge in [-0.05, 0) is 71.4 Å². The third-order valence-corrected chi connectivity index (χ3v) is 8.29. The molecule has 45 heavy (non-hydrogen) atoms. The van der Waals surface area contributed by atoms with Crippen molar-refractivity contribution in [2.75, 3.05) is 36.0 Å². The fourth-order valence-corrected chi connectivity index (χ4v) is 5.64. The minimum atomic E-state index is -3.99. The monoisotopic (exact) mass is 617 g/mol. The Hall–Kier alpha value is -5.33. The molecule has 0 bridgehead atoms. The molecule has 0 saturated carbocycles. The summed E-state index contributed by atoms with van der Waals surface area (Å²) in [7, 11) is 0. The molecule has 0 amide bonds. The lowest BCUT2D eigenvalue weighted by molar-refractivity contribution is -0.104. The summed E-state index contributed by atoms with van der Waals surface area (Å²) in [6.45, 7) is 4.13. The molecule has 2 aromatic heterocycles. The summed E-state index contributed by atoms with van der Waals surface area (Å²) in [4.78, 5) is 31.8. The Morgan fingerprint density at radius 2 is 1.42 bits per heavy atom. The summed E-state index contributed by atoms with van der Waals surface area (Å²) in [6.07, 6.45) is 2.10. The van der Waals surface area contributed by atoms with Crippen molar-refractivity contribution < 1.29 is 22.4 Å². The first kappa shape index (κ1) is 29.7. The van der Waals surface area contributed by atoms with Crippen LogP contribution in [-0.4, -0.2) is 57.7 Å². The Bertz CT molecular complexity index is 1870. The van der Waals surface area contributed by atoms with Gasteiger partial charge in [0, 0.05) is 66.5 Å². The van der Waals surface area contributed by atoms with E-state index in [0.717, 1.165) is 74.5 Å². The summed E-state index contributed by atoms with van der Waals surface area (Å²) in [6, 6.07) is 19.9. The van der Waals surface area contributed by atoms with Gasteiger partial charge >= 0.3 is 11.6 Å². The van der Waals surface area contributed by atoms with Crippen molar-refractivity contribution in [1.82, 2.24) is 25.2 Å². The number of halogens is 4. The molecule has 3 aromatic carbocycles. The second-order valence-electron chi connectivity index (χ2n) is 10.9. The van der Waals surface area contributed by atoms with Crippen LogP contribution in [0.15, 0.2) is 89.9 Å². The topological polar surface area (TPSA) is 100 Å². The van der Waals surface area contributed by atoms with Gasteiger partial charge in [-0.1, -0.05) is 24.3 Å². The molecule has 1 fully saturated rings. The van der Waals surface area contributed by atoms with E-state index in [4.69, 9.17) is 0 Å². The van der Waals surface area contributed by atoms with E-state index in [0.29, 0.717) is 21.9 Å². The quantitative estimate of drug-likeness (QED) is 0.193. The van der Waals surface area contributed by atoms with Crippen LogP contribution >= 0.6 is 0 Å². The van der Waals surface area contributed by atoms with E-state index in [1.165, 1.54) is 12.3 Å². The number of aromatic amines is 1. The highest BCUT2D eigenvalue weighted by Gasteiger charge is 2.58. The number of benzene rings is 3. The van der Waals surface area contributed by atoms with Crippen molar-refractivity contribution in [2.45, 2.75) is 18.4 Å². The van der Waals surface area contributed by atoms with Crippen LogP contribution in [-0.2, 0) is 11.5 Å². The van der Waals surface area contributed by atoms with E-state index < -0.39 is 40.0 Å². The fourth-order valence-electron chi connectivity index (χ4n) is 5.64. The number of aldehydes is 1. The normalized spacial score (nSPS) is 15.1. The number of carbonyl (C=O) groups is 1. The van der Waals surface area contributed by atoms with E-state index in [2.05, 4.69) is 25.2 Å². The second-order valence-corrected chi connectivity index (χ2v) is 10.9. The van der Waals surface area contributed by atoms with Gasteiger partial charge in [-0.15, -0.1) is 0 Å². The first-order chi connectivity index (χ1) is 21.6. The number of piperazine rings is 1. The molecule has 0 radical (unpaired) electrons. The Morgan fingerprint density at radius 1 is 0.822 bits per heavy atom. The molecule has 1 aliphatic rings. The van der Waals surface area contributed by atoms with Gasteiger partial charge in [0.15, 0.2) is 5.54 Å². The summed E-state index contributed by atoms with van der Waals surface area (Å²) in [5.74, 6) is -6.24. The highest BCUT2D eigenvalue weighted by atomic mass is 19.3. The van der Waals surface area contributed by atoms with Crippen LogP contribution in [0.5, 0.6) is 0 Å². The number of hydrogen-bond acceptors (Lipinski definition) is 7. The molecule has 1 aliphatic heterocycles. The number of nitrogens with zero attached hydrogens (tertiary/aromatic N) is 6. The molecule has 9 nitrogen and oxygen atoms in total. The van der Waals surface area contributed by atoms with Gasteiger partial charge in [-0.3, -0.25) is 9.78 Å². The molecule has 1 atom stereocenters. The third kappa shape index (κ3) is 5.34. The van der Waals surface area contributed by atoms with Crippen LogP contribution in [0.4, 0.5) is 28.9 Å². The van der Waals surface area contributed by atoms with Gasteiger partial charge in [0.1, 0.15) is 23.6 Å². The predicted octanol–water partition coefficient (Wildman–Crippen LogP) is 5.00. The van der Waals surface area contributed by atoms with Gasteiger partial charge in [0.25, 0.3) is 0 Å². The van der Waals surface area contributed by atoms with Crippen molar-refractivity contribution in [3.8, 4) is 11.1 Å². The zero-order chi connectivity index (χ0) is 31.8. The molecule has 13 heteroatoms. The number of pyridine rings is 1. The Labute approximate surface area is 254 Å². The molecule has 3 heterocycles. The molecule has 1 saturated heterocycles. The maximum Gasteiger partial charge on any atom is 0.362 e. The Balaban J connectivity index is 1.20. The molecular formula is C32H27F4N7O2. The van der Waals surface area contributed by atoms with Crippen LogP contribution in [0, 0.1) is 11.6 Å².